The molecule has 1 aromatic heterocycles. The van der Waals surface area contributed by atoms with E-state index in [2.05, 4.69) is 57.6 Å². The molecule has 0 aliphatic carbocycles. The van der Waals surface area contributed by atoms with Crippen LogP contribution in [0.3, 0.4) is 0 Å². The van der Waals surface area contributed by atoms with Crippen LogP contribution in [-0.2, 0) is 5.41 Å². The average Bonchev–Trinajstić information content (AvgIpc) is 2.15. The third kappa shape index (κ3) is 2.71. The number of nitrogens with zero attached hydrogens (tertiary/aromatic N) is 2. The van der Waals surface area contributed by atoms with Crippen molar-refractivity contribution in [2.24, 2.45) is 0 Å². The molecular weight excluding hydrogens is 184 g/mol. The van der Waals surface area contributed by atoms with E-state index >= 15 is 0 Å². The SMILES string of the molecule is CC(C)N(C)c1ncccc1C(C)(C)C. The second-order valence-electron chi connectivity index (χ2n) is 5.33. The van der Waals surface area contributed by atoms with Crippen LogP contribution in [0.1, 0.15) is 40.2 Å². The summed E-state index contributed by atoms with van der Waals surface area (Å²) in [4.78, 5) is 6.72. The lowest BCUT2D eigenvalue weighted by Crippen LogP contribution is -2.29. The molecule has 2 nitrogen and oxygen atoms in total. The van der Waals surface area contributed by atoms with Gasteiger partial charge < -0.3 is 4.90 Å². The molecule has 2 heteroatoms. The summed E-state index contributed by atoms with van der Waals surface area (Å²) in [5, 5.41) is 0. The van der Waals surface area contributed by atoms with Crippen LogP contribution in [0.5, 0.6) is 0 Å². The number of rotatable bonds is 2. The standard InChI is InChI=1S/C13H22N2/c1-10(2)15(6)12-11(13(3,4)5)8-7-9-14-12/h7-10H,1-6H3. The summed E-state index contributed by atoms with van der Waals surface area (Å²) in [5.41, 5.74) is 1.45. The topological polar surface area (TPSA) is 16.1 Å². The van der Waals surface area contributed by atoms with Crippen molar-refractivity contribution in [3.05, 3.63) is 23.9 Å². The summed E-state index contributed by atoms with van der Waals surface area (Å²) in [7, 11) is 2.10. The van der Waals surface area contributed by atoms with E-state index in [9.17, 15) is 0 Å². The number of aromatic nitrogens is 1. The Morgan fingerprint density at radius 2 is 1.87 bits per heavy atom. The Balaban J connectivity index is 3.18. The Bertz CT molecular complexity index is 324. The molecule has 15 heavy (non-hydrogen) atoms. The predicted octanol–water partition coefficient (Wildman–Crippen LogP) is 3.22. The van der Waals surface area contributed by atoms with Crippen LogP contribution in [0.15, 0.2) is 18.3 Å². The van der Waals surface area contributed by atoms with Crippen LogP contribution in [0.4, 0.5) is 5.82 Å². The smallest absolute Gasteiger partial charge is 0.132 e. The summed E-state index contributed by atoms with van der Waals surface area (Å²) in [6, 6.07) is 4.65. The van der Waals surface area contributed by atoms with Gasteiger partial charge >= 0.3 is 0 Å². The van der Waals surface area contributed by atoms with Crippen molar-refractivity contribution in [2.75, 3.05) is 11.9 Å². The molecule has 1 heterocycles. The van der Waals surface area contributed by atoms with Crippen molar-refractivity contribution >= 4 is 5.82 Å². The molecule has 0 radical (unpaired) electrons. The van der Waals surface area contributed by atoms with Gasteiger partial charge in [-0.1, -0.05) is 26.8 Å². The van der Waals surface area contributed by atoms with Gasteiger partial charge in [0, 0.05) is 24.8 Å². The first-order valence-corrected chi connectivity index (χ1v) is 5.52. The first-order valence-electron chi connectivity index (χ1n) is 5.52. The molecule has 0 aromatic carbocycles. The maximum Gasteiger partial charge on any atom is 0.132 e. The van der Waals surface area contributed by atoms with Crippen molar-refractivity contribution in [1.29, 1.82) is 0 Å². The van der Waals surface area contributed by atoms with E-state index in [1.54, 1.807) is 0 Å². The summed E-state index contributed by atoms with van der Waals surface area (Å²) in [6.45, 7) is 11.0. The van der Waals surface area contributed by atoms with Crippen molar-refractivity contribution in [1.82, 2.24) is 4.98 Å². The monoisotopic (exact) mass is 206 g/mol. The van der Waals surface area contributed by atoms with E-state index in [1.807, 2.05) is 12.3 Å². The van der Waals surface area contributed by atoms with Gasteiger partial charge in [0.25, 0.3) is 0 Å². The highest BCUT2D eigenvalue weighted by Gasteiger charge is 2.21. The van der Waals surface area contributed by atoms with E-state index in [0.717, 1.165) is 5.82 Å². The van der Waals surface area contributed by atoms with Gasteiger partial charge in [0.2, 0.25) is 0 Å². The molecule has 1 rings (SSSR count). The number of hydrogen-bond acceptors (Lipinski definition) is 2. The van der Waals surface area contributed by atoms with Crippen LogP contribution < -0.4 is 4.90 Å². The molecule has 0 fully saturated rings. The molecule has 0 saturated carbocycles. The summed E-state index contributed by atoms with van der Waals surface area (Å²) >= 11 is 0. The van der Waals surface area contributed by atoms with Crippen molar-refractivity contribution < 1.29 is 0 Å². The Morgan fingerprint density at radius 1 is 1.27 bits per heavy atom. The van der Waals surface area contributed by atoms with Gasteiger partial charge in [-0.2, -0.15) is 0 Å². The number of anilines is 1. The number of pyridine rings is 1. The lowest BCUT2D eigenvalue weighted by atomic mass is 9.87. The van der Waals surface area contributed by atoms with Gasteiger partial charge in [-0.05, 0) is 25.3 Å². The molecule has 0 atom stereocenters. The molecule has 0 aliphatic rings. The quantitative estimate of drug-likeness (QED) is 0.738. The highest BCUT2D eigenvalue weighted by Crippen LogP contribution is 2.30. The molecule has 0 spiro atoms. The first-order chi connectivity index (χ1) is 6.84. The molecule has 0 N–H and O–H groups in total. The Labute approximate surface area is 93.3 Å². The third-order valence-electron chi connectivity index (χ3n) is 2.70. The van der Waals surface area contributed by atoms with Gasteiger partial charge in [-0.3, -0.25) is 0 Å². The highest BCUT2D eigenvalue weighted by molar-refractivity contribution is 5.50. The fourth-order valence-electron chi connectivity index (χ4n) is 1.51. The molecule has 0 saturated heterocycles. The van der Waals surface area contributed by atoms with Crippen molar-refractivity contribution in [3.63, 3.8) is 0 Å². The average molecular weight is 206 g/mol. The van der Waals surface area contributed by atoms with Crippen LogP contribution in [-0.4, -0.2) is 18.1 Å². The van der Waals surface area contributed by atoms with Crippen LogP contribution in [0, 0.1) is 0 Å². The molecule has 1 aromatic rings. The molecule has 0 amide bonds. The third-order valence-corrected chi connectivity index (χ3v) is 2.70. The van der Waals surface area contributed by atoms with E-state index < -0.39 is 0 Å². The lowest BCUT2D eigenvalue weighted by molar-refractivity contribution is 0.581. The van der Waals surface area contributed by atoms with Gasteiger partial charge in [-0.25, -0.2) is 4.98 Å². The maximum absolute atomic E-state index is 4.49. The second kappa shape index (κ2) is 4.21. The zero-order valence-electron chi connectivity index (χ0n) is 10.7. The first kappa shape index (κ1) is 12.0. The Hall–Kier alpha value is -1.05. The molecule has 0 unspecified atom stereocenters. The summed E-state index contributed by atoms with van der Waals surface area (Å²) < 4.78 is 0. The van der Waals surface area contributed by atoms with E-state index in [0.29, 0.717) is 6.04 Å². The molecule has 0 aliphatic heterocycles. The Kier molecular flexibility index (Phi) is 3.38. The molecular formula is C13H22N2. The fourth-order valence-corrected chi connectivity index (χ4v) is 1.51. The van der Waals surface area contributed by atoms with Crippen LogP contribution >= 0.6 is 0 Å². The fraction of sp³-hybridized carbons (Fsp3) is 0.615. The summed E-state index contributed by atoms with van der Waals surface area (Å²) in [5.74, 6) is 1.10. The molecule has 84 valence electrons. The van der Waals surface area contributed by atoms with Crippen LogP contribution in [0.25, 0.3) is 0 Å². The van der Waals surface area contributed by atoms with Crippen molar-refractivity contribution in [3.8, 4) is 0 Å². The normalized spacial score (nSPS) is 11.9. The second-order valence-corrected chi connectivity index (χ2v) is 5.33. The van der Waals surface area contributed by atoms with Crippen LogP contribution in [0.2, 0.25) is 0 Å². The molecule has 0 bridgehead atoms. The largest absolute Gasteiger partial charge is 0.357 e. The van der Waals surface area contributed by atoms with E-state index in [1.165, 1.54) is 5.56 Å². The lowest BCUT2D eigenvalue weighted by Gasteiger charge is -2.29. The van der Waals surface area contributed by atoms with E-state index in [-0.39, 0.29) is 5.41 Å². The zero-order valence-corrected chi connectivity index (χ0v) is 10.7. The predicted molar refractivity (Wildman–Crippen MR) is 66.5 cm³/mol. The minimum Gasteiger partial charge on any atom is -0.357 e. The van der Waals surface area contributed by atoms with Gasteiger partial charge in [0.15, 0.2) is 0 Å². The minimum absolute atomic E-state index is 0.146. The highest BCUT2D eigenvalue weighted by atomic mass is 15.2. The summed E-state index contributed by atoms with van der Waals surface area (Å²) in [6.07, 6.45) is 1.86. The van der Waals surface area contributed by atoms with Gasteiger partial charge in [-0.15, -0.1) is 0 Å². The Morgan fingerprint density at radius 3 is 2.33 bits per heavy atom. The maximum atomic E-state index is 4.49. The van der Waals surface area contributed by atoms with Gasteiger partial charge in [0.05, 0.1) is 0 Å². The van der Waals surface area contributed by atoms with E-state index in [4.69, 9.17) is 0 Å². The minimum atomic E-state index is 0.146. The van der Waals surface area contributed by atoms with Gasteiger partial charge in [0.1, 0.15) is 5.82 Å². The number of hydrogen-bond donors (Lipinski definition) is 0. The zero-order chi connectivity index (χ0) is 11.6. The van der Waals surface area contributed by atoms with Crippen molar-refractivity contribution in [2.45, 2.75) is 46.1 Å².